The number of alkyl halides is 3. The number of nitrogens with zero attached hydrogens (tertiary/aromatic N) is 1. The molecule has 0 aliphatic heterocycles. The molecule has 0 heterocycles. The van der Waals surface area contributed by atoms with E-state index in [1.54, 1.807) is 31.2 Å². The third-order valence-electron chi connectivity index (χ3n) is 4.50. The third kappa shape index (κ3) is 6.93. The molecule has 6 nitrogen and oxygen atoms in total. The molecule has 3 aromatic carbocycles. The Morgan fingerprint density at radius 2 is 1.61 bits per heavy atom. The van der Waals surface area contributed by atoms with Crippen LogP contribution in [0.15, 0.2) is 84.0 Å². The van der Waals surface area contributed by atoms with E-state index < -0.39 is 23.6 Å². The van der Waals surface area contributed by atoms with E-state index >= 15 is 0 Å². The largest absolute Gasteiger partial charge is 0.489 e. The van der Waals surface area contributed by atoms with Gasteiger partial charge in [-0.25, -0.2) is 5.43 Å². The highest BCUT2D eigenvalue weighted by atomic mass is 19.4. The van der Waals surface area contributed by atoms with Crippen molar-refractivity contribution in [2.75, 3.05) is 5.32 Å². The molecule has 3 aromatic rings. The van der Waals surface area contributed by atoms with Crippen LogP contribution >= 0.6 is 0 Å². The molecule has 9 heteroatoms. The molecule has 2 amide bonds. The zero-order valence-corrected chi connectivity index (χ0v) is 17.5. The topological polar surface area (TPSA) is 79.8 Å². The van der Waals surface area contributed by atoms with Gasteiger partial charge >= 0.3 is 18.0 Å². The minimum absolute atomic E-state index is 0.156. The van der Waals surface area contributed by atoms with Crippen molar-refractivity contribution >= 4 is 23.2 Å². The van der Waals surface area contributed by atoms with Crippen LogP contribution < -0.4 is 15.5 Å². The Hall–Kier alpha value is -4.14. The summed E-state index contributed by atoms with van der Waals surface area (Å²) in [5, 5.41) is 5.99. The second-order valence-electron chi connectivity index (χ2n) is 6.97. The smallest absolute Gasteiger partial charge is 0.416 e. The summed E-state index contributed by atoms with van der Waals surface area (Å²) >= 11 is 0. The average molecular weight is 455 g/mol. The maximum absolute atomic E-state index is 12.8. The van der Waals surface area contributed by atoms with Gasteiger partial charge in [0.15, 0.2) is 0 Å². The predicted molar refractivity (Wildman–Crippen MR) is 118 cm³/mol. The van der Waals surface area contributed by atoms with Gasteiger partial charge in [0.25, 0.3) is 0 Å². The summed E-state index contributed by atoms with van der Waals surface area (Å²) in [5.41, 5.74) is 3.13. The van der Waals surface area contributed by atoms with Gasteiger partial charge in [0.05, 0.1) is 11.3 Å². The number of rotatable bonds is 6. The van der Waals surface area contributed by atoms with Gasteiger partial charge < -0.3 is 10.1 Å². The van der Waals surface area contributed by atoms with Crippen LogP contribution in [0.2, 0.25) is 0 Å². The Kier molecular flexibility index (Phi) is 7.45. The van der Waals surface area contributed by atoms with E-state index in [0.29, 0.717) is 23.6 Å². The lowest BCUT2D eigenvalue weighted by molar-refractivity contribution is -0.137. The first-order valence-corrected chi connectivity index (χ1v) is 9.82. The van der Waals surface area contributed by atoms with Gasteiger partial charge in [-0.05, 0) is 60.5 Å². The number of benzene rings is 3. The molecule has 0 saturated heterocycles. The summed E-state index contributed by atoms with van der Waals surface area (Å²) in [6.07, 6.45) is -4.56. The SMILES string of the molecule is C/C(=N\NC(=O)C(=O)Nc1cccc(C(F)(F)F)c1)c1ccc(OCc2ccccc2)cc1. The van der Waals surface area contributed by atoms with Crippen LogP contribution in [0.4, 0.5) is 18.9 Å². The van der Waals surface area contributed by atoms with Gasteiger partial charge in [-0.3, -0.25) is 9.59 Å². The summed E-state index contributed by atoms with van der Waals surface area (Å²) in [4.78, 5) is 23.9. The number of nitrogens with one attached hydrogen (secondary N) is 2. The Morgan fingerprint density at radius 1 is 0.909 bits per heavy atom. The lowest BCUT2D eigenvalue weighted by Gasteiger charge is -2.09. The Bertz CT molecular complexity index is 1140. The fourth-order valence-electron chi connectivity index (χ4n) is 2.74. The van der Waals surface area contributed by atoms with Gasteiger partial charge in [-0.15, -0.1) is 0 Å². The number of carbonyl (C=O) groups is 2. The van der Waals surface area contributed by atoms with E-state index in [4.69, 9.17) is 4.74 Å². The van der Waals surface area contributed by atoms with Gasteiger partial charge in [0, 0.05) is 5.69 Å². The third-order valence-corrected chi connectivity index (χ3v) is 4.50. The van der Waals surface area contributed by atoms with E-state index in [-0.39, 0.29) is 5.69 Å². The summed E-state index contributed by atoms with van der Waals surface area (Å²) in [5.74, 6) is -1.61. The minimum Gasteiger partial charge on any atom is -0.489 e. The number of amides is 2. The number of ether oxygens (including phenoxy) is 1. The van der Waals surface area contributed by atoms with E-state index in [9.17, 15) is 22.8 Å². The zero-order valence-electron chi connectivity index (χ0n) is 17.5. The standard InChI is InChI=1S/C24H20F3N3O3/c1-16(18-10-12-21(13-11-18)33-15-17-6-3-2-4-7-17)29-30-23(32)22(31)28-20-9-5-8-19(14-20)24(25,26)27/h2-14H,15H2,1H3,(H,28,31)(H,30,32)/b29-16+. The van der Waals surface area contributed by atoms with Gasteiger partial charge in [0.1, 0.15) is 12.4 Å². The molecule has 0 saturated carbocycles. The molecule has 0 atom stereocenters. The summed E-state index contributed by atoms with van der Waals surface area (Å²) < 4.78 is 44.0. The molecule has 0 aliphatic carbocycles. The molecule has 0 spiro atoms. The first kappa shape index (κ1) is 23.5. The molecule has 0 bridgehead atoms. The number of hydrazone groups is 1. The molecular formula is C24H20F3N3O3. The number of carbonyl (C=O) groups excluding carboxylic acids is 2. The number of hydrogen-bond acceptors (Lipinski definition) is 4. The zero-order chi connectivity index (χ0) is 23.8. The maximum Gasteiger partial charge on any atom is 0.416 e. The highest BCUT2D eigenvalue weighted by molar-refractivity contribution is 6.39. The number of hydrogen-bond donors (Lipinski definition) is 2. The van der Waals surface area contributed by atoms with Crippen molar-refractivity contribution in [1.29, 1.82) is 0 Å². The highest BCUT2D eigenvalue weighted by Crippen LogP contribution is 2.30. The van der Waals surface area contributed by atoms with E-state index in [1.165, 1.54) is 6.07 Å². The van der Waals surface area contributed by atoms with Crippen LogP contribution in [0.25, 0.3) is 0 Å². The number of halogens is 3. The molecule has 0 radical (unpaired) electrons. The van der Waals surface area contributed by atoms with Crippen molar-refractivity contribution < 1.29 is 27.5 Å². The minimum atomic E-state index is -4.56. The lowest BCUT2D eigenvalue weighted by atomic mass is 10.1. The molecule has 0 aromatic heterocycles. The van der Waals surface area contributed by atoms with E-state index in [0.717, 1.165) is 23.8 Å². The van der Waals surface area contributed by atoms with Crippen LogP contribution in [0, 0.1) is 0 Å². The molecule has 0 fully saturated rings. The fraction of sp³-hybridized carbons (Fsp3) is 0.125. The number of anilines is 1. The molecule has 170 valence electrons. The van der Waals surface area contributed by atoms with Crippen LogP contribution in [0.3, 0.4) is 0 Å². The summed E-state index contributed by atoms with van der Waals surface area (Å²) in [6, 6.07) is 20.7. The quantitative estimate of drug-likeness (QED) is 0.320. The molecular weight excluding hydrogens is 435 g/mol. The lowest BCUT2D eigenvalue weighted by Crippen LogP contribution is -2.33. The monoisotopic (exact) mass is 455 g/mol. The van der Waals surface area contributed by atoms with Crippen LogP contribution in [-0.4, -0.2) is 17.5 Å². The normalized spacial score (nSPS) is 11.6. The molecule has 3 rings (SSSR count). The highest BCUT2D eigenvalue weighted by Gasteiger charge is 2.30. The van der Waals surface area contributed by atoms with Gasteiger partial charge in [0.2, 0.25) is 0 Å². The van der Waals surface area contributed by atoms with Crippen molar-refractivity contribution in [2.45, 2.75) is 19.7 Å². The fourth-order valence-corrected chi connectivity index (χ4v) is 2.74. The predicted octanol–water partition coefficient (Wildman–Crippen LogP) is 4.76. The van der Waals surface area contributed by atoms with Crippen molar-refractivity contribution in [3.05, 3.63) is 95.6 Å². The molecule has 2 N–H and O–H groups in total. The Balaban J connectivity index is 1.54. The molecule has 33 heavy (non-hydrogen) atoms. The van der Waals surface area contributed by atoms with Crippen molar-refractivity contribution in [1.82, 2.24) is 5.43 Å². The first-order valence-electron chi connectivity index (χ1n) is 9.82. The van der Waals surface area contributed by atoms with Crippen LogP contribution in [0.5, 0.6) is 5.75 Å². The maximum atomic E-state index is 12.8. The van der Waals surface area contributed by atoms with Crippen LogP contribution in [-0.2, 0) is 22.4 Å². The van der Waals surface area contributed by atoms with E-state index in [1.807, 2.05) is 30.3 Å². The summed E-state index contributed by atoms with van der Waals surface area (Å²) in [6.45, 7) is 2.05. The second-order valence-corrected chi connectivity index (χ2v) is 6.97. The first-order chi connectivity index (χ1) is 15.7. The van der Waals surface area contributed by atoms with Gasteiger partial charge in [-0.1, -0.05) is 36.4 Å². The Labute approximate surface area is 188 Å². The van der Waals surface area contributed by atoms with Crippen molar-refractivity contribution in [3.63, 3.8) is 0 Å². The summed E-state index contributed by atoms with van der Waals surface area (Å²) in [7, 11) is 0. The van der Waals surface area contributed by atoms with Crippen molar-refractivity contribution in [3.8, 4) is 5.75 Å². The van der Waals surface area contributed by atoms with Crippen molar-refractivity contribution in [2.24, 2.45) is 5.10 Å². The average Bonchev–Trinajstić information content (AvgIpc) is 2.81. The molecule has 0 unspecified atom stereocenters. The molecule has 0 aliphatic rings. The van der Waals surface area contributed by atoms with Gasteiger partial charge in [-0.2, -0.15) is 18.3 Å². The van der Waals surface area contributed by atoms with Crippen LogP contribution in [0.1, 0.15) is 23.6 Å². The van der Waals surface area contributed by atoms with E-state index in [2.05, 4.69) is 15.8 Å². The Morgan fingerprint density at radius 3 is 2.27 bits per heavy atom. The second kappa shape index (κ2) is 10.4.